The second kappa shape index (κ2) is 5.73. The van der Waals surface area contributed by atoms with Crippen LogP contribution in [0.3, 0.4) is 0 Å². The second-order valence-corrected chi connectivity index (χ2v) is 6.35. The third kappa shape index (κ3) is 2.76. The fraction of sp³-hybridized carbons (Fsp3) is 0.211. The lowest BCUT2D eigenvalue weighted by molar-refractivity contribution is -0.136. The zero-order chi connectivity index (χ0) is 17.4. The van der Waals surface area contributed by atoms with Crippen LogP contribution in [0.25, 0.3) is 22.0 Å². The van der Waals surface area contributed by atoms with Crippen LogP contribution in [0.2, 0.25) is 0 Å². The van der Waals surface area contributed by atoms with Crippen molar-refractivity contribution in [2.75, 3.05) is 0 Å². The maximum absolute atomic E-state index is 11.7. The fourth-order valence-corrected chi connectivity index (χ4v) is 2.80. The molecule has 3 aromatic rings. The molecule has 1 aliphatic heterocycles. The van der Waals surface area contributed by atoms with Gasteiger partial charge >= 0.3 is 0 Å². The molecule has 1 aliphatic rings. The molecule has 0 N–H and O–H groups in total. The van der Waals surface area contributed by atoms with Crippen molar-refractivity contribution in [3.63, 3.8) is 0 Å². The number of nitrogens with zero attached hydrogens (tertiary/aromatic N) is 4. The number of Topliss-reactive ketones (excluding diaryl/α,β-unsaturated/α-hetero) is 1. The molecule has 3 heterocycles. The number of oxime groups is 1. The predicted octanol–water partition coefficient (Wildman–Crippen LogP) is 3.16. The van der Waals surface area contributed by atoms with Gasteiger partial charge in [-0.1, -0.05) is 11.2 Å². The van der Waals surface area contributed by atoms with Gasteiger partial charge in [-0.05, 0) is 32.0 Å². The summed E-state index contributed by atoms with van der Waals surface area (Å²) < 4.78 is 0. The van der Waals surface area contributed by atoms with Crippen molar-refractivity contribution in [2.45, 2.75) is 25.9 Å². The molecule has 1 atom stereocenters. The monoisotopic (exact) mass is 332 g/mol. The number of ketones is 1. The lowest BCUT2D eigenvalue weighted by atomic mass is 9.92. The first-order chi connectivity index (χ1) is 12.0. The highest BCUT2D eigenvalue weighted by Gasteiger charge is 2.39. The van der Waals surface area contributed by atoms with Crippen LogP contribution < -0.4 is 0 Å². The van der Waals surface area contributed by atoms with Gasteiger partial charge in [0.1, 0.15) is 6.33 Å². The first kappa shape index (κ1) is 15.4. The van der Waals surface area contributed by atoms with E-state index in [4.69, 9.17) is 4.84 Å². The summed E-state index contributed by atoms with van der Waals surface area (Å²) in [5.74, 6) is -0.0277. The molecule has 124 valence electrons. The third-order valence-corrected chi connectivity index (χ3v) is 4.52. The Labute approximate surface area is 144 Å². The van der Waals surface area contributed by atoms with Gasteiger partial charge in [-0.25, -0.2) is 9.97 Å². The number of hydrogen-bond acceptors (Lipinski definition) is 6. The minimum absolute atomic E-state index is 0.0277. The molecule has 25 heavy (non-hydrogen) atoms. The van der Waals surface area contributed by atoms with Crippen molar-refractivity contribution in [2.24, 2.45) is 5.16 Å². The highest BCUT2D eigenvalue weighted by molar-refractivity contribution is 6.07. The molecule has 6 nitrogen and oxygen atoms in total. The van der Waals surface area contributed by atoms with E-state index in [1.807, 2.05) is 30.5 Å². The number of hydrogen-bond donors (Lipinski definition) is 0. The smallest absolute Gasteiger partial charge is 0.197 e. The Hall–Kier alpha value is -3.15. The highest BCUT2D eigenvalue weighted by atomic mass is 16.7. The van der Waals surface area contributed by atoms with Crippen LogP contribution in [0.5, 0.6) is 0 Å². The Balaban J connectivity index is 1.72. The lowest BCUT2D eigenvalue weighted by Gasteiger charge is -2.16. The van der Waals surface area contributed by atoms with Crippen molar-refractivity contribution >= 4 is 22.4 Å². The summed E-state index contributed by atoms with van der Waals surface area (Å²) in [5, 5.41) is 5.11. The van der Waals surface area contributed by atoms with Crippen LogP contribution >= 0.6 is 0 Å². The Morgan fingerprint density at radius 3 is 2.56 bits per heavy atom. The first-order valence-corrected chi connectivity index (χ1v) is 7.97. The predicted molar refractivity (Wildman–Crippen MR) is 94.1 cm³/mol. The van der Waals surface area contributed by atoms with Gasteiger partial charge in [-0.3, -0.25) is 9.78 Å². The van der Waals surface area contributed by atoms with Gasteiger partial charge in [0, 0.05) is 47.1 Å². The number of rotatable bonds is 3. The van der Waals surface area contributed by atoms with E-state index in [2.05, 4.69) is 20.1 Å². The molecule has 1 aromatic carbocycles. The van der Waals surface area contributed by atoms with Crippen LogP contribution in [0.4, 0.5) is 0 Å². The maximum Gasteiger partial charge on any atom is 0.197 e. The Bertz CT molecular complexity index is 1000. The normalized spacial score (nSPS) is 19.5. The maximum atomic E-state index is 11.7. The van der Waals surface area contributed by atoms with E-state index < -0.39 is 5.60 Å². The van der Waals surface area contributed by atoms with E-state index in [1.165, 1.54) is 13.3 Å². The number of carbonyl (C=O) groups excluding carboxylic acids is 1. The van der Waals surface area contributed by atoms with Crippen LogP contribution in [0.15, 0.2) is 54.3 Å². The number of aromatic nitrogens is 3. The average Bonchev–Trinajstić information content (AvgIpc) is 3.05. The van der Waals surface area contributed by atoms with Crippen molar-refractivity contribution < 1.29 is 9.63 Å². The van der Waals surface area contributed by atoms with Gasteiger partial charge in [0.15, 0.2) is 11.4 Å². The first-order valence-electron chi connectivity index (χ1n) is 7.97. The van der Waals surface area contributed by atoms with Gasteiger partial charge in [0.05, 0.1) is 11.2 Å². The standard InChI is InChI=1S/C19H16N4O2/c1-12(24)19(2)7-18(23-25-19)13-3-4-17-14(5-13)6-15(10-22-17)16-8-20-11-21-9-16/h3-6,8-11H,7H2,1-2H3. The lowest BCUT2D eigenvalue weighted by Crippen LogP contribution is -2.33. The Kier molecular flexibility index (Phi) is 3.53. The molecule has 0 saturated carbocycles. The highest BCUT2D eigenvalue weighted by Crippen LogP contribution is 2.29. The molecule has 6 heteroatoms. The van der Waals surface area contributed by atoms with Crippen LogP contribution in [0.1, 0.15) is 25.8 Å². The van der Waals surface area contributed by atoms with Crippen LogP contribution in [-0.2, 0) is 9.63 Å². The van der Waals surface area contributed by atoms with Crippen LogP contribution in [0, 0.1) is 0 Å². The number of fused-ring (bicyclic) bond motifs is 1. The SMILES string of the molecule is CC(=O)C1(C)CC(c2ccc3ncc(-c4cncnc4)cc3c2)=NO1. The second-order valence-electron chi connectivity index (χ2n) is 6.35. The zero-order valence-electron chi connectivity index (χ0n) is 13.9. The van der Waals surface area contributed by atoms with Gasteiger partial charge < -0.3 is 4.84 Å². The van der Waals surface area contributed by atoms with Crippen LogP contribution in [-0.4, -0.2) is 32.0 Å². The van der Waals surface area contributed by atoms with E-state index in [0.717, 1.165) is 33.3 Å². The van der Waals surface area contributed by atoms with E-state index in [1.54, 1.807) is 19.3 Å². The fourth-order valence-electron chi connectivity index (χ4n) is 2.80. The van der Waals surface area contributed by atoms with Gasteiger partial charge in [0.25, 0.3) is 0 Å². The van der Waals surface area contributed by atoms with Crippen molar-refractivity contribution in [3.8, 4) is 11.1 Å². The molecule has 0 amide bonds. The number of carbonyl (C=O) groups is 1. The molecule has 0 radical (unpaired) electrons. The molecule has 0 fully saturated rings. The molecule has 2 aromatic heterocycles. The van der Waals surface area contributed by atoms with Crippen molar-refractivity contribution in [1.82, 2.24) is 15.0 Å². The minimum atomic E-state index is -0.869. The number of pyridine rings is 1. The van der Waals surface area contributed by atoms with E-state index >= 15 is 0 Å². The molecular formula is C19H16N4O2. The quantitative estimate of drug-likeness (QED) is 0.736. The molecule has 1 unspecified atom stereocenters. The summed E-state index contributed by atoms with van der Waals surface area (Å²) in [6.45, 7) is 3.29. The molecule has 0 aliphatic carbocycles. The average molecular weight is 332 g/mol. The summed E-state index contributed by atoms with van der Waals surface area (Å²) in [6.07, 6.45) is 7.29. The van der Waals surface area contributed by atoms with Gasteiger partial charge in [-0.2, -0.15) is 0 Å². The number of benzene rings is 1. The largest absolute Gasteiger partial charge is 0.381 e. The van der Waals surface area contributed by atoms with E-state index in [0.29, 0.717) is 6.42 Å². The van der Waals surface area contributed by atoms with E-state index in [9.17, 15) is 4.79 Å². The summed E-state index contributed by atoms with van der Waals surface area (Å²) in [4.78, 5) is 29.7. The summed E-state index contributed by atoms with van der Waals surface area (Å²) in [7, 11) is 0. The van der Waals surface area contributed by atoms with Crippen molar-refractivity contribution in [1.29, 1.82) is 0 Å². The summed E-state index contributed by atoms with van der Waals surface area (Å²) >= 11 is 0. The Morgan fingerprint density at radius 1 is 1.08 bits per heavy atom. The molecular weight excluding hydrogens is 316 g/mol. The van der Waals surface area contributed by atoms with Gasteiger partial charge in [-0.15, -0.1) is 0 Å². The Morgan fingerprint density at radius 2 is 1.84 bits per heavy atom. The zero-order valence-corrected chi connectivity index (χ0v) is 13.9. The topological polar surface area (TPSA) is 77.3 Å². The summed E-state index contributed by atoms with van der Waals surface area (Å²) in [6, 6.07) is 7.96. The molecule has 0 bridgehead atoms. The van der Waals surface area contributed by atoms with E-state index in [-0.39, 0.29) is 5.78 Å². The molecule has 0 saturated heterocycles. The van der Waals surface area contributed by atoms with Crippen molar-refractivity contribution in [3.05, 3.63) is 54.7 Å². The molecule has 0 spiro atoms. The third-order valence-electron chi connectivity index (χ3n) is 4.52. The van der Waals surface area contributed by atoms with Gasteiger partial charge in [0.2, 0.25) is 0 Å². The molecule has 4 rings (SSSR count). The summed E-state index contributed by atoms with van der Waals surface area (Å²) in [5.41, 5.74) is 3.58. The minimum Gasteiger partial charge on any atom is -0.381 e.